The van der Waals surface area contributed by atoms with Gasteiger partial charge in [0.05, 0.1) is 16.4 Å². The van der Waals surface area contributed by atoms with Gasteiger partial charge in [0.15, 0.2) is 5.69 Å². The van der Waals surface area contributed by atoms with Crippen LogP contribution in [0.15, 0.2) is 29.8 Å². The Labute approximate surface area is 144 Å². The van der Waals surface area contributed by atoms with Crippen molar-refractivity contribution in [1.82, 2.24) is 10.3 Å². The molecule has 0 aliphatic rings. The van der Waals surface area contributed by atoms with Gasteiger partial charge in [-0.25, -0.2) is 14.6 Å². The quantitative estimate of drug-likeness (QED) is 0.868. The van der Waals surface area contributed by atoms with Crippen LogP contribution in [0.3, 0.4) is 0 Å². The predicted octanol–water partition coefficient (Wildman–Crippen LogP) is 4.09. The molecule has 0 aliphatic heterocycles. The number of alkyl carbamates (subject to hydrolysis) is 1. The first-order chi connectivity index (χ1) is 11.2. The molecule has 24 heavy (non-hydrogen) atoms. The standard InChI is InChI=1S/C17H20N2O4S/c1-10(19-16(22)23-17(2,3)4)11-5-7-12(8-6-11)14-13(15(20)21)18-9-24-14/h5-10H,1-4H3,(H,19,22)(H,20,21). The summed E-state index contributed by atoms with van der Waals surface area (Å²) in [5.41, 5.74) is 2.69. The second-order valence-corrected chi connectivity index (χ2v) is 7.18. The highest BCUT2D eigenvalue weighted by Gasteiger charge is 2.19. The van der Waals surface area contributed by atoms with Crippen LogP contribution in [-0.2, 0) is 4.74 Å². The Balaban J connectivity index is 2.10. The molecule has 1 amide bonds. The number of carboxylic acid groups (broad SMARTS) is 1. The molecule has 2 aromatic rings. The van der Waals surface area contributed by atoms with Gasteiger partial charge in [0.25, 0.3) is 0 Å². The van der Waals surface area contributed by atoms with E-state index in [1.165, 1.54) is 16.8 Å². The first-order valence-corrected chi connectivity index (χ1v) is 8.32. The summed E-state index contributed by atoms with van der Waals surface area (Å²) in [5, 5.41) is 11.9. The molecule has 7 heteroatoms. The van der Waals surface area contributed by atoms with Crippen molar-refractivity contribution in [3.05, 3.63) is 41.0 Å². The van der Waals surface area contributed by atoms with Crippen molar-refractivity contribution in [2.75, 3.05) is 0 Å². The molecule has 2 rings (SSSR count). The van der Waals surface area contributed by atoms with E-state index in [-0.39, 0.29) is 11.7 Å². The number of amides is 1. The molecule has 0 saturated heterocycles. The van der Waals surface area contributed by atoms with Crippen LogP contribution in [0.5, 0.6) is 0 Å². The van der Waals surface area contributed by atoms with Crippen molar-refractivity contribution in [1.29, 1.82) is 0 Å². The lowest BCUT2D eigenvalue weighted by Gasteiger charge is -2.22. The highest BCUT2D eigenvalue weighted by atomic mass is 32.1. The average Bonchev–Trinajstić information content (AvgIpc) is 2.94. The number of benzene rings is 1. The monoisotopic (exact) mass is 348 g/mol. The number of hydrogen-bond donors (Lipinski definition) is 2. The van der Waals surface area contributed by atoms with E-state index in [0.29, 0.717) is 4.88 Å². The summed E-state index contributed by atoms with van der Waals surface area (Å²) < 4.78 is 5.23. The summed E-state index contributed by atoms with van der Waals surface area (Å²) in [6, 6.07) is 7.12. The maximum Gasteiger partial charge on any atom is 0.408 e. The smallest absolute Gasteiger partial charge is 0.408 e. The molecular weight excluding hydrogens is 328 g/mol. The van der Waals surface area contributed by atoms with Crippen LogP contribution < -0.4 is 5.32 Å². The van der Waals surface area contributed by atoms with Crippen LogP contribution in [-0.4, -0.2) is 27.8 Å². The molecule has 0 radical (unpaired) electrons. The van der Waals surface area contributed by atoms with Gasteiger partial charge in [0, 0.05) is 0 Å². The van der Waals surface area contributed by atoms with Gasteiger partial charge in [-0.1, -0.05) is 24.3 Å². The summed E-state index contributed by atoms with van der Waals surface area (Å²) in [5.74, 6) is -1.05. The second-order valence-electron chi connectivity index (χ2n) is 6.33. The summed E-state index contributed by atoms with van der Waals surface area (Å²) in [6.45, 7) is 7.28. The molecule has 128 valence electrons. The molecule has 1 unspecified atom stereocenters. The first kappa shape index (κ1) is 17.9. The summed E-state index contributed by atoms with van der Waals surface area (Å²) >= 11 is 1.28. The van der Waals surface area contributed by atoms with E-state index < -0.39 is 17.7 Å². The van der Waals surface area contributed by atoms with Gasteiger partial charge >= 0.3 is 12.1 Å². The SMILES string of the molecule is CC(NC(=O)OC(C)(C)C)c1ccc(-c2scnc2C(=O)O)cc1. The number of carboxylic acids is 1. The molecule has 0 fully saturated rings. The van der Waals surface area contributed by atoms with Gasteiger partial charge in [-0.05, 0) is 38.8 Å². The number of aromatic carboxylic acids is 1. The van der Waals surface area contributed by atoms with E-state index in [1.807, 2.05) is 31.2 Å². The number of carbonyl (C=O) groups is 2. The fourth-order valence-electron chi connectivity index (χ4n) is 2.09. The minimum atomic E-state index is -1.05. The fourth-order valence-corrected chi connectivity index (χ4v) is 2.88. The molecule has 0 bridgehead atoms. The van der Waals surface area contributed by atoms with Crippen LogP contribution in [0.1, 0.15) is 49.8 Å². The lowest BCUT2D eigenvalue weighted by atomic mass is 10.0. The molecule has 6 nitrogen and oxygen atoms in total. The van der Waals surface area contributed by atoms with E-state index in [9.17, 15) is 9.59 Å². The van der Waals surface area contributed by atoms with Gasteiger partial charge < -0.3 is 15.2 Å². The predicted molar refractivity (Wildman–Crippen MR) is 92.3 cm³/mol. The highest BCUT2D eigenvalue weighted by Crippen LogP contribution is 2.28. The van der Waals surface area contributed by atoms with Gasteiger partial charge in [0.2, 0.25) is 0 Å². The number of nitrogens with one attached hydrogen (secondary N) is 1. The Kier molecular flexibility index (Phi) is 5.23. The normalized spacial score (nSPS) is 12.5. The zero-order chi connectivity index (χ0) is 17.9. The number of rotatable bonds is 4. The molecule has 0 aliphatic carbocycles. The van der Waals surface area contributed by atoms with Crippen LogP contribution in [0.4, 0.5) is 4.79 Å². The van der Waals surface area contributed by atoms with Crippen molar-refractivity contribution in [3.8, 4) is 10.4 Å². The van der Waals surface area contributed by atoms with E-state index in [1.54, 1.807) is 20.8 Å². The van der Waals surface area contributed by atoms with Crippen LogP contribution in [0.25, 0.3) is 10.4 Å². The summed E-state index contributed by atoms with van der Waals surface area (Å²) in [6.07, 6.45) is -0.477. The van der Waals surface area contributed by atoms with Crippen molar-refractivity contribution >= 4 is 23.4 Å². The van der Waals surface area contributed by atoms with Gasteiger partial charge in [-0.15, -0.1) is 11.3 Å². The Bertz CT molecular complexity index is 732. The topological polar surface area (TPSA) is 88.5 Å². The number of thiazole rings is 1. The second kappa shape index (κ2) is 7.00. The van der Waals surface area contributed by atoms with Gasteiger partial charge in [-0.3, -0.25) is 0 Å². The zero-order valence-corrected chi connectivity index (χ0v) is 14.8. The Hall–Kier alpha value is -2.41. The molecule has 0 spiro atoms. The largest absolute Gasteiger partial charge is 0.476 e. The number of ether oxygens (including phenoxy) is 1. The van der Waals surface area contributed by atoms with E-state index in [2.05, 4.69) is 10.3 Å². The summed E-state index contributed by atoms with van der Waals surface area (Å²) in [7, 11) is 0. The minimum absolute atomic E-state index is 0.0488. The molecular formula is C17H20N2O4S. The number of aromatic nitrogens is 1. The van der Waals surface area contributed by atoms with Crippen molar-refractivity contribution < 1.29 is 19.4 Å². The number of hydrogen-bond acceptors (Lipinski definition) is 5. The van der Waals surface area contributed by atoms with E-state index in [0.717, 1.165) is 11.1 Å². The molecule has 1 heterocycles. The van der Waals surface area contributed by atoms with Crippen molar-refractivity contribution in [2.45, 2.75) is 39.3 Å². The lowest BCUT2D eigenvalue weighted by molar-refractivity contribution is 0.0507. The van der Waals surface area contributed by atoms with E-state index in [4.69, 9.17) is 9.84 Å². The number of carbonyl (C=O) groups excluding carboxylic acids is 1. The van der Waals surface area contributed by atoms with Crippen molar-refractivity contribution in [3.63, 3.8) is 0 Å². The third kappa shape index (κ3) is 4.55. The Morgan fingerprint density at radius 2 is 1.88 bits per heavy atom. The van der Waals surface area contributed by atoms with Crippen LogP contribution in [0.2, 0.25) is 0 Å². The van der Waals surface area contributed by atoms with Gasteiger partial charge in [-0.2, -0.15) is 0 Å². The zero-order valence-electron chi connectivity index (χ0n) is 14.0. The van der Waals surface area contributed by atoms with Crippen LogP contribution >= 0.6 is 11.3 Å². The third-order valence-corrected chi connectivity index (χ3v) is 4.05. The maximum atomic E-state index is 11.8. The third-order valence-electron chi connectivity index (χ3n) is 3.18. The fraction of sp³-hybridized carbons (Fsp3) is 0.353. The maximum absolute atomic E-state index is 11.8. The minimum Gasteiger partial charge on any atom is -0.476 e. The molecule has 2 N–H and O–H groups in total. The molecule has 1 aromatic carbocycles. The first-order valence-electron chi connectivity index (χ1n) is 7.44. The Morgan fingerprint density at radius 3 is 2.42 bits per heavy atom. The van der Waals surface area contributed by atoms with Crippen LogP contribution in [0, 0.1) is 0 Å². The molecule has 1 aromatic heterocycles. The molecule has 0 saturated carbocycles. The van der Waals surface area contributed by atoms with E-state index >= 15 is 0 Å². The van der Waals surface area contributed by atoms with Crippen molar-refractivity contribution in [2.24, 2.45) is 0 Å². The average molecular weight is 348 g/mol. The highest BCUT2D eigenvalue weighted by molar-refractivity contribution is 7.13. The van der Waals surface area contributed by atoms with Gasteiger partial charge in [0.1, 0.15) is 5.60 Å². The Morgan fingerprint density at radius 1 is 1.25 bits per heavy atom. The number of nitrogens with zero attached hydrogens (tertiary/aromatic N) is 1. The molecule has 1 atom stereocenters. The summed E-state index contributed by atoms with van der Waals surface area (Å²) in [4.78, 5) is 27.4. The lowest BCUT2D eigenvalue weighted by Crippen LogP contribution is -2.34.